The average Bonchev–Trinajstić information content (AvgIpc) is 2.51. The van der Waals surface area contributed by atoms with Crippen molar-refractivity contribution in [2.24, 2.45) is 0 Å². The highest BCUT2D eigenvalue weighted by atomic mass is 35.5. The number of anilines is 1. The number of benzene rings is 2. The van der Waals surface area contributed by atoms with Gasteiger partial charge in [-0.1, -0.05) is 29.8 Å². The Morgan fingerprint density at radius 2 is 1.87 bits per heavy atom. The molecule has 120 valence electrons. The number of halogens is 1. The van der Waals surface area contributed by atoms with Crippen LogP contribution >= 0.6 is 11.6 Å². The predicted molar refractivity (Wildman–Crippen MR) is 93.0 cm³/mol. The van der Waals surface area contributed by atoms with Gasteiger partial charge in [0.25, 0.3) is 5.91 Å². The summed E-state index contributed by atoms with van der Waals surface area (Å²) in [6.07, 6.45) is 0. The molecule has 0 heterocycles. The van der Waals surface area contributed by atoms with Crippen LogP contribution in [0.5, 0.6) is 0 Å². The summed E-state index contributed by atoms with van der Waals surface area (Å²) in [5, 5.41) is 3.32. The summed E-state index contributed by atoms with van der Waals surface area (Å²) in [5.74, 6) is -0.271. The number of nitrogens with zero attached hydrogens (tertiary/aromatic N) is 1. The quantitative estimate of drug-likeness (QED) is 0.913. The van der Waals surface area contributed by atoms with E-state index in [-0.39, 0.29) is 11.8 Å². The van der Waals surface area contributed by atoms with Gasteiger partial charge in [-0.05, 0) is 42.8 Å². The molecule has 2 aromatic rings. The lowest BCUT2D eigenvalue weighted by Crippen LogP contribution is -2.37. The van der Waals surface area contributed by atoms with Crippen LogP contribution in [0.15, 0.2) is 48.5 Å². The Morgan fingerprint density at radius 3 is 2.52 bits per heavy atom. The Bertz CT molecular complexity index is 716. The number of aryl methyl sites for hydroxylation is 1. The van der Waals surface area contributed by atoms with E-state index < -0.39 is 0 Å². The number of amides is 2. The highest BCUT2D eigenvalue weighted by molar-refractivity contribution is 6.30. The fourth-order valence-corrected chi connectivity index (χ4v) is 2.47. The van der Waals surface area contributed by atoms with E-state index in [0.717, 1.165) is 11.3 Å². The van der Waals surface area contributed by atoms with Crippen LogP contribution in [0, 0.1) is 6.92 Å². The van der Waals surface area contributed by atoms with E-state index in [4.69, 9.17) is 11.6 Å². The first-order valence-electron chi connectivity index (χ1n) is 7.36. The van der Waals surface area contributed by atoms with Crippen molar-refractivity contribution in [3.63, 3.8) is 0 Å². The molecule has 0 saturated heterocycles. The van der Waals surface area contributed by atoms with Gasteiger partial charge < -0.3 is 10.2 Å². The second kappa shape index (κ2) is 7.79. The van der Waals surface area contributed by atoms with Gasteiger partial charge in [-0.2, -0.15) is 0 Å². The molecule has 0 aliphatic rings. The second-order valence-electron chi connectivity index (χ2n) is 5.28. The third-order valence-corrected chi connectivity index (χ3v) is 3.64. The zero-order chi connectivity index (χ0) is 16.8. The molecular formula is C18H19ClN2O2. The average molecular weight is 331 g/mol. The summed E-state index contributed by atoms with van der Waals surface area (Å²) in [6, 6.07) is 14.5. The molecule has 0 spiro atoms. The van der Waals surface area contributed by atoms with E-state index >= 15 is 0 Å². The summed E-state index contributed by atoms with van der Waals surface area (Å²) in [4.78, 5) is 25.6. The minimum Gasteiger partial charge on any atom is -0.350 e. The molecule has 0 bridgehead atoms. The minimum atomic E-state index is -0.208. The smallest absolute Gasteiger partial charge is 0.251 e. The standard InChI is InChI=1S/C18H19ClN2O2/c1-13-5-3-8-17(11-13)21(14(2)22)10-9-20-18(23)15-6-4-7-16(19)12-15/h3-8,11-12H,9-10H2,1-2H3,(H,20,23). The highest BCUT2D eigenvalue weighted by Gasteiger charge is 2.12. The first-order chi connectivity index (χ1) is 11.0. The van der Waals surface area contributed by atoms with Gasteiger partial charge >= 0.3 is 0 Å². The van der Waals surface area contributed by atoms with Gasteiger partial charge in [0.1, 0.15) is 0 Å². The van der Waals surface area contributed by atoms with E-state index in [1.54, 1.807) is 29.2 Å². The zero-order valence-electron chi connectivity index (χ0n) is 13.2. The Hall–Kier alpha value is -2.33. The highest BCUT2D eigenvalue weighted by Crippen LogP contribution is 2.16. The first-order valence-corrected chi connectivity index (χ1v) is 7.73. The fourth-order valence-electron chi connectivity index (χ4n) is 2.28. The maximum atomic E-state index is 12.1. The number of nitrogens with one attached hydrogen (secondary N) is 1. The van der Waals surface area contributed by atoms with Crippen molar-refractivity contribution in [3.05, 3.63) is 64.7 Å². The van der Waals surface area contributed by atoms with E-state index in [0.29, 0.717) is 23.7 Å². The van der Waals surface area contributed by atoms with Gasteiger partial charge in [0, 0.05) is 36.3 Å². The van der Waals surface area contributed by atoms with Crippen molar-refractivity contribution < 1.29 is 9.59 Å². The number of rotatable bonds is 5. The molecule has 0 radical (unpaired) electrons. The Labute approximate surface area is 141 Å². The molecule has 0 aliphatic heterocycles. The summed E-state index contributed by atoms with van der Waals surface area (Å²) in [6.45, 7) is 4.26. The van der Waals surface area contributed by atoms with Crippen LogP contribution in [0.4, 0.5) is 5.69 Å². The summed E-state index contributed by atoms with van der Waals surface area (Å²) in [5.41, 5.74) is 2.41. The summed E-state index contributed by atoms with van der Waals surface area (Å²) < 4.78 is 0. The molecule has 0 aromatic heterocycles. The minimum absolute atomic E-state index is 0.0624. The predicted octanol–water partition coefficient (Wildman–Crippen LogP) is 3.43. The van der Waals surface area contributed by atoms with Crippen molar-refractivity contribution in [1.29, 1.82) is 0 Å². The molecule has 23 heavy (non-hydrogen) atoms. The van der Waals surface area contributed by atoms with Crippen LogP contribution in [0.25, 0.3) is 0 Å². The molecule has 0 aliphatic carbocycles. The zero-order valence-corrected chi connectivity index (χ0v) is 13.9. The van der Waals surface area contributed by atoms with Crippen LogP contribution in [0.2, 0.25) is 5.02 Å². The van der Waals surface area contributed by atoms with Gasteiger partial charge in [-0.25, -0.2) is 0 Å². The lowest BCUT2D eigenvalue weighted by Gasteiger charge is -2.21. The SMILES string of the molecule is CC(=O)N(CCNC(=O)c1cccc(Cl)c1)c1cccc(C)c1. The lowest BCUT2D eigenvalue weighted by atomic mass is 10.2. The molecule has 1 N–H and O–H groups in total. The fraction of sp³-hybridized carbons (Fsp3) is 0.222. The molecule has 5 heteroatoms. The van der Waals surface area contributed by atoms with Crippen molar-refractivity contribution in [2.45, 2.75) is 13.8 Å². The van der Waals surface area contributed by atoms with Gasteiger partial charge in [0.15, 0.2) is 0 Å². The third-order valence-electron chi connectivity index (χ3n) is 3.40. The van der Waals surface area contributed by atoms with E-state index in [2.05, 4.69) is 5.32 Å². The van der Waals surface area contributed by atoms with Crippen molar-refractivity contribution in [2.75, 3.05) is 18.0 Å². The molecule has 2 amide bonds. The van der Waals surface area contributed by atoms with Crippen LogP contribution in [0.1, 0.15) is 22.8 Å². The Kier molecular flexibility index (Phi) is 5.77. The molecule has 0 atom stereocenters. The normalized spacial score (nSPS) is 10.2. The molecule has 2 aromatic carbocycles. The van der Waals surface area contributed by atoms with Gasteiger partial charge in [-0.15, -0.1) is 0 Å². The van der Waals surface area contributed by atoms with Crippen molar-refractivity contribution in [3.8, 4) is 0 Å². The second-order valence-corrected chi connectivity index (χ2v) is 5.71. The summed E-state index contributed by atoms with van der Waals surface area (Å²) >= 11 is 5.88. The van der Waals surface area contributed by atoms with Crippen LogP contribution in [-0.4, -0.2) is 24.9 Å². The number of carbonyl (C=O) groups is 2. The topological polar surface area (TPSA) is 49.4 Å². The largest absolute Gasteiger partial charge is 0.350 e. The summed E-state index contributed by atoms with van der Waals surface area (Å²) in [7, 11) is 0. The Balaban J connectivity index is 1.97. The maximum Gasteiger partial charge on any atom is 0.251 e. The van der Waals surface area contributed by atoms with Crippen LogP contribution in [0.3, 0.4) is 0 Å². The molecule has 0 unspecified atom stereocenters. The van der Waals surface area contributed by atoms with Crippen LogP contribution in [-0.2, 0) is 4.79 Å². The Morgan fingerprint density at radius 1 is 1.13 bits per heavy atom. The maximum absolute atomic E-state index is 12.1. The van der Waals surface area contributed by atoms with Gasteiger partial charge in [0.2, 0.25) is 5.91 Å². The molecule has 0 fully saturated rings. The van der Waals surface area contributed by atoms with E-state index in [9.17, 15) is 9.59 Å². The van der Waals surface area contributed by atoms with Gasteiger partial charge in [0.05, 0.1) is 0 Å². The monoisotopic (exact) mass is 330 g/mol. The molecule has 4 nitrogen and oxygen atoms in total. The van der Waals surface area contributed by atoms with Gasteiger partial charge in [-0.3, -0.25) is 9.59 Å². The van der Waals surface area contributed by atoms with Crippen molar-refractivity contribution >= 4 is 29.1 Å². The van der Waals surface area contributed by atoms with Crippen LogP contribution < -0.4 is 10.2 Å². The number of hydrogen-bond acceptors (Lipinski definition) is 2. The van der Waals surface area contributed by atoms with E-state index in [1.807, 2.05) is 31.2 Å². The lowest BCUT2D eigenvalue weighted by molar-refractivity contribution is -0.116. The first kappa shape index (κ1) is 17.0. The van der Waals surface area contributed by atoms with E-state index in [1.165, 1.54) is 6.92 Å². The number of carbonyl (C=O) groups excluding carboxylic acids is 2. The molecule has 0 saturated carbocycles. The third kappa shape index (κ3) is 4.83. The molecular weight excluding hydrogens is 312 g/mol. The number of hydrogen-bond donors (Lipinski definition) is 1. The molecule has 2 rings (SSSR count). The van der Waals surface area contributed by atoms with Crippen molar-refractivity contribution in [1.82, 2.24) is 5.32 Å².